The molecule has 1 N–H and O–H groups in total. The summed E-state index contributed by atoms with van der Waals surface area (Å²) in [7, 11) is 0. The summed E-state index contributed by atoms with van der Waals surface area (Å²) in [5, 5.41) is 0. The molecule has 1 aliphatic rings. The monoisotopic (exact) mass is 191 g/mol. The number of amides is 1. The van der Waals surface area contributed by atoms with Crippen LogP contribution in [0.1, 0.15) is 5.56 Å². The van der Waals surface area contributed by atoms with Gasteiger partial charge in [0, 0.05) is 0 Å². The fourth-order valence-electron chi connectivity index (χ4n) is 1.38. The average Bonchev–Trinajstić information content (AvgIpc) is 2.51. The minimum Gasteiger partial charge on any atom is -0.340 e. The van der Waals surface area contributed by atoms with Crippen LogP contribution in [0.25, 0.3) is 0 Å². The van der Waals surface area contributed by atoms with Crippen molar-refractivity contribution in [1.82, 2.24) is 5.48 Å². The Morgan fingerprint density at radius 1 is 1.21 bits per heavy atom. The van der Waals surface area contributed by atoms with Crippen LogP contribution in [0.5, 0.6) is 0 Å². The van der Waals surface area contributed by atoms with Crippen LogP contribution in [0.4, 0.5) is 0 Å². The SMILES string of the molecule is O=C1NOC(=O)C1Cc1ccccc1. The number of carbonyl (C=O) groups excluding carboxylic acids is 2. The fourth-order valence-corrected chi connectivity index (χ4v) is 1.38. The summed E-state index contributed by atoms with van der Waals surface area (Å²) in [5.41, 5.74) is 3.00. The van der Waals surface area contributed by atoms with E-state index < -0.39 is 11.9 Å². The highest BCUT2D eigenvalue weighted by Gasteiger charge is 2.35. The average molecular weight is 191 g/mol. The summed E-state index contributed by atoms with van der Waals surface area (Å²) in [6.07, 6.45) is 0.394. The van der Waals surface area contributed by atoms with Crippen molar-refractivity contribution >= 4 is 11.9 Å². The molecule has 1 amide bonds. The van der Waals surface area contributed by atoms with E-state index in [-0.39, 0.29) is 5.91 Å². The maximum absolute atomic E-state index is 11.1. The first-order valence-corrected chi connectivity index (χ1v) is 4.32. The number of hydrogen-bond donors (Lipinski definition) is 1. The van der Waals surface area contributed by atoms with E-state index in [9.17, 15) is 9.59 Å². The first kappa shape index (κ1) is 8.74. The molecule has 1 fully saturated rings. The second-order valence-electron chi connectivity index (χ2n) is 3.13. The quantitative estimate of drug-likeness (QED) is 0.690. The molecule has 0 spiro atoms. The van der Waals surface area contributed by atoms with Gasteiger partial charge in [-0.2, -0.15) is 5.48 Å². The molecule has 0 radical (unpaired) electrons. The summed E-state index contributed by atoms with van der Waals surface area (Å²) >= 11 is 0. The summed E-state index contributed by atoms with van der Waals surface area (Å²) in [5.74, 6) is -1.56. The first-order valence-electron chi connectivity index (χ1n) is 4.32. The van der Waals surface area contributed by atoms with Crippen LogP contribution in [0.3, 0.4) is 0 Å². The van der Waals surface area contributed by atoms with Crippen molar-refractivity contribution in [3.63, 3.8) is 0 Å². The lowest BCUT2D eigenvalue weighted by Gasteiger charge is -2.01. The number of hydroxylamine groups is 1. The van der Waals surface area contributed by atoms with E-state index in [4.69, 9.17) is 0 Å². The van der Waals surface area contributed by atoms with Gasteiger partial charge in [0.25, 0.3) is 5.91 Å². The lowest BCUT2D eigenvalue weighted by Crippen LogP contribution is -2.21. The second kappa shape index (κ2) is 3.49. The van der Waals surface area contributed by atoms with Crippen molar-refractivity contribution in [3.05, 3.63) is 35.9 Å². The van der Waals surface area contributed by atoms with E-state index in [0.717, 1.165) is 5.56 Å². The Morgan fingerprint density at radius 2 is 1.93 bits per heavy atom. The van der Waals surface area contributed by atoms with Crippen LogP contribution >= 0.6 is 0 Å². The zero-order valence-electron chi connectivity index (χ0n) is 7.40. The Labute approximate surface area is 80.8 Å². The molecule has 1 atom stereocenters. The maximum atomic E-state index is 11.1. The predicted molar refractivity (Wildman–Crippen MR) is 47.9 cm³/mol. The molecule has 2 rings (SSSR count). The number of benzene rings is 1. The molecule has 1 heterocycles. The maximum Gasteiger partial charge on any atom is 0.345 e. The highest BCUT2D eigenvalue weighted by atomic mass is 16.7. The summed E-state index contributed by atoms with van der Waals surface area (Å²) < 4.78 is 0. The van der Waals surface area contributed by atoms with Crippen molar-refractivity contribution in [2.45, 2.75) is 6.42 Å². The minimum atomic E-state index is -0.697. The van der Waals surface area contributed by atoms with Crippen LogP contribution in [0.15, 0.2) is 30.3 Å². The standard InChI is InChI=1S/C10H9NO3/c12-9-8(10(13)14-11-9)6-7-4-2-1-3-5-7/h1-5,8H,6H2,(H,11,12). The highest BCUT2D eigenvalue weighted by molar-refractivity contribution is 6.01. The smallest absolute Gasteiger partial charge is 0.340 e. The van der Waals surface area contributed by atoms with E-state index in [0.29, 0.717) is 6.42 Å². The topological polar surface area (TPSA) is 55.4 Å². The van der Waals surface area contributed by atoms with E-state index >= 15 is 0 Å². The summed E-state index contributed by atoms with van der Waals surface area (Å²) in [6, 6.07) is 9.37. The number of carbonyl (C=O) groups is 2. The Kier molecular flexibility index (Phi) is 2.18. The molecule has 0 aliphatic carbocycles. The van der Waals surface area contributed by atoms with Gasteiger partial charge in [-0.15, -0.1) is 0 Å². The van der Waals surface area contributed by atoms with Crippen LogP contribution in [-0.2, 0) is 20.8 Å². The molecule has 1 aliphatic heterocycles. The van der Waals surface area contributed by atoms with E-state index in [1.165, 1.54) is 0 Å². The van der Waals surface area contributed by atoms with E-state index in [1.807, 2.05) is 30.3 Å². The summed E-state index contributed by atoms with van der Waals surface area (Å²) in [4.78, 5) is 26.6. The largest absolute Gasteiger partial charge is 0.345 e. The van der Waals surface area contributed by atoms with Crippen molar-refractivity contribution in [2.24, 2.45) is 5.92 Å². The van der Waals surface area contributed by atoms with Crippen LogP contribution in [0, 0.1) is 5.92 Å². The third kappa shape index (κ3) is 1.59. The molecule has 1 saturated heterocycles. The molecule has 72 valence electrons. The number of rotatable bonds is 2. The van der Waals surface area contributed by atoms with Crippen LogP contribution in [-0.4, -0.2) is 11.9 Å². The van der Waals surface area contributed by atoms with Crippen LogP contribution < -0.4 is 5.48 Å². The number of nitrogens with one attached hydrogen (secondary N) is 1. The minimum absolute atomic E-state index is 0.362. The second-order valence-corrected chi connectivity index (χ2v) is 3.13. The highest BCUT2D eigenvalue weighted by Crippen LogP contribution is 2.13. The van der Waals surface area contributed by atoms with E-state index in [1.54, 1.807) is 0 Å². The third-order valence-electron chi connectivity index (χ3n) is 2.14. The molecule has 1 aromatic carbocycles. The normalized spacial score (nSPS) is 20.4. The molecule has 4 heteroatoms. The van der Waals surface area contributed by atoms with Gasteiger partial charge in [-0.05, 0) is 12.0 Å². The summed E-state index contributed by atoms with van der Waals surface area (Å²) in [6.45, 7) is 0. The van der Waals surface area contributed by atoms with Crippen molar-refractivity contribution in [3.8, 4) is 0 Å². The molecule has 0 aromatic heterocycles. The van der Waals surface area contributed by atoms with Gasteiger partial charge in [-0.25, -0.2) is 4.79 Å². The molecular weight excluding hydrogens is 182 g/mol. The predicted octanol–water partition coefficient (Wildman–Crippen LogP) is 0.433. The molecule has 0 bridgehead atoms. The lowest BCUT2D eigenvalue weighted by molar-refractivity contribution is -0.146. The van der Waals surface area contributed by atoms with Gasteiger partial charge in [-0.1, -0.05) is 30.3 Å². The van der Waals surface area contributed by atoms with Crippen molar-refractivity contribution < 1.29 is 14.4 Å². The molecule has 1 unspecified atom stereocenters. The molecule has 0 saturated carbocycles. The van der Waals surface area contributed by atoms with Crippen molar-refractivity contribution in [2.75, 3.05) is 0 Å². The zero-order chi connectivity index (χ0) is 9.97. The van der Waals surface area contributed by atoms with Crippen LogP contribution in [0.2, 0.25) is 0 Å². The van der Waals surface area contributed by atoms with Gasteiger partial charge in [0.2, 0.25) is 0 Å². The molecular formula is C10H9NO3. The van der Waals surface area contributed by atoms with Gasteiger partial charge in [0.15, 0.2) is 0 Å². The third-order valence-corrected chi connectivity index (χ3v) is 2.14. The van der Waals surface area contributed by atoms with Gasteiger partial charge in [0.1, 0.15) is 5.92 Å². The Balaban J connectivity index is 2.11. The number of hydrogen-bond acceptors (Lipinski definition) is 3. The van der Waals surface area contributed by atoms with Gasteiger partial charge in [0.05, 0.1) is 0 Å². The van der Waals surface area contributed by atoms with Gasteiger partial charge < -0.3 is 4.84 Å². The van der Waals surface area contributed by atoms with E-state index in [2.05, 4.69) is 10.3 Å². The fraction of sp³-hybridized carbons (Fsp3) is 0.200. The molecule has 1 aromatic rings. The van der Waals surface area contributed by atoms with Gasteiger partial charge >= 0.3 is 5.97 Å². The molecule has 4 nitrogen and oxygen atoms in total. The first-order chi connectivity index (χ1) is 6.77. The Morgan fingerprint density at radius 3 is 2.50 bits per heavy atom. The van der Waals surface area contributed by atoms with Gasteiger partial charge in [-0.3, -0.25) is 4.79 Å². The Bertz CT molecular complexity index is 345. The van der Waals surface area contributed by atoms with Crippen molar-refractivity contribution in [1.29, 1.82) is 0 Å². The molecule has 14 heavy (non-hydrogen) atoms. The lowest BCUT2D eigenvalue weighted by atomic mass is 10.00. The zero-order valence-corrected chi connectivity index (χ0v) is 7.40. The Hall–Kier alpha value is -1.84.